The maximum absolute atomic E-state index is 12.9. The van der Waals surface area contributed by atoms with E-state index in [-0.39, 0.29) is 0 Å². The zero-order valence-electron chi connectivity index (χ0n) is 10.0. The molecule has 1 unspecified atom stereocenters. The number of carbonyl (C=O) groups is 1. The predicted molar refractivity (Wildman–Crippen MR) is 48.0 cm³/mol. The normalized spacial score (nSPS) is 14.6. The summed E-state index contributed by atoms with van der Waals surface area (Å²) < 4.78 is 125. The maximum Gasteiger partial charge on any atom is 0.428 e. The van der Waals surface area contributed by atoms with Crippen LogP contribution < -0.4 is 0 Å². The number of carboxylic acids is 1. The lowest BCUT2D eigenvalue weighted by Crippen LogP contribution is -2.47. The molecule has 130 valence electrons. The van der Waals surface area contributed by atoms with Crippen LogP contribution >= 0.6 is 0 Å². The summed E-state index contributed by atoms with van der Waals surface area (Å²) in [5, 5.41) is 8.19. The van der Waals surface area contributed by atoms with Crippen molar-refractivity contribution in [1.29, 1.82) is 0 Å². The Hall–Kier alpha value is -1.53. The van der Waals surface area contributed by atoms with Crippen molar-refractivity contribution >= 4 is 5.97 Å². The topological polar surface area (TPSA) is 46.5 Å². The third-order valence-electron chi connectivity index (χ3n) is 2.02. The number of alkyl halides is 8. The van der Waals surface area contributed by atoms with Gasteiger partial charge in [-0.2, -0.15) is 39.5 Å². The van der Waals surface area contributed by atoms with Crippen LogP contribution in [0.15, 0.2) is 11.7 Å². The van der Waals surface area contributed by atoms with Crippen molar-refractivity contribution in [1.82, 2.24) is 0 Å². The van der Waals surface area contributed by atoms with E-state index in [0.29, 0.717) is 0 Å². The van der Waals surface area contributed by atoms with Gasteiger partial charge in [0.1, 0.15) is 5.57 Å². The van der Waals surface area contributed by atoms with Gasteiger partial charge in [-0.3, -0.25) is 4.74 Å². The molecule has 0 aliphatic rings. The van der Waals surface area contributed by atoms with Crippen LogP contribution in [0.5, 0.6) is 0 Å². The summed E-state index contributed by atoms with van der Waals surface area (Å²) in [6, 6.07) is 0. The Bertz CT molecular complexity index is 437. The second-order valence-electron chi connectivity index (χ2n) is 3.75. The third kappa shape index (κ3) is 6.07. The molecule has 0 fully saturated rings. The van der Waals surface area contributed by atoms with Gasteiger partial charge in [0, 0.05) is 6.42 Å². The summed E-state index contributed by atoms with van der Waals surface area (Å²) in [6.07, 6.45) is -29.2. The summed E-state index contributed by atoms with van der Waals surface area (Å²) in [7, 11) is 0. The summed E-state index contributed by atoms with van der Waals surface area (Å²) >= 11 is 0. The van der Waals surface area contributed by atoms with Crippen molar-refractivity contribution in [3.8, 4) is 0 Å². The van der Waals surface area contributed by atoms with Crippen LogP contribution in [-0.4, -0.2) is 35.6 Å². The molecule has 0 amide bonds. The van der Waals surface area contributed by atoms with Gasteiger partial charge in [-0.1, -0.05) is 0 Å². The molecule has 0 saturated heterocycles. The molecule has 0 aromatic rings. The van der Waals surface area contributed by atoms with Gasteiger partial charge < -0.3 is 5.11 Å². The Balaban J connectivity index is 4.98. The van der Waals surface area contributed by atoms with Gasteiger partial charge in [0.05, 0.1) is 0 Å². The van der Waals surface area contributed by atoms with Crippen molar-refractivity contribution in [2.75, 3.05) is 0 Å². The maximum atomic E-state index is 12.9. The van der Waals surface area contributed by atoms with Crippen LogP contribution in [0.2, 0.25) is 0 Å². The van der Waals surface area contributed by atoms with E-state index >= 15 is 0 Å². The number of halogens is 10. The molecule has 22 heavy (non-hydrogen) atoms. The van der Waals surface area contributed by atoms with E-state index < -0.39 is 55.0 Å². The lowest BCUT2D eigenvalue weighted by Gasteiger charge is -2.26. The van der Waals surface area contributed by atoms with Crippen molar-refractivity contribution in [2.45, 2.75) is 37.4 Å². The molecule has 0 aromatic carbocycles. The molecule has 0 aliphatic carbocycles. The zero-order valence-corrected chi connectivity index (χ0v) is 10.0. The first-order valence-corrected chi connectivity index (χ1v) is 5.04. The fourth-order valence-corrected chi connectivity index (χ4v) is 1.05. The van der Waals surface area contributed by atoms with Crippen LogP contribution in [0.1, 0.15) is 12.8 Å². The smallest absolute Gasteiger partial charge is 0.428 e. The highest BCUT2D eigenvalue weighted by molar-refractivity contribution is 5.86. The van der Waals surface area contributed by atoms with Gasteiger partial charge in [-0.05, 0) is 6.42 Å². The minimum absolute atomic E-state index is 1.70. The molecule has 0 aromatic heterocycles. The highest BCUT2D eigenvalue weighted by Crippen LogP contribution is 2.40. The third-order valence-corrected chi connectivity index (χ3v) is 2.02. The first-order valence-electron chi connectivity index (χ1n) is 5.04. The minimum atomic E-state index is -6.21. The van der Waals surface area contributed by atoms with Gasteiger partial charge in [0.2, 0.25) is 0 Å². The van der Waals surface area contributed by atoms with Crippen molar-refractivity contribution in [2.24, 2.45) is 0 Å². The average Bonchev–Trinajstić information content (AvgIpc) is 2.23. The Kier molecular flexibility index (Phi) is 6.24. The highest BCUT2D eigenvalue weighted by atomic mass is 19.4. The molecule has 0 aliphatic heterocycles. The lowest BCUT2D eigenvalue weighted by atomic mass is 10.1. The second-order valence-corrected chi connectivity index (χ2v) is 3.75. The second kappa shape index (κ2) is 6.71. The van der Waals surface area contributed by atoms with Crippen LogP contribution in [0.25, 0.3) is 0 Å². The fraction of sp³-hybridized carbons (Fsp3) is 0.667. The summed E-state index contributed by atoms with van der Waals surface area (Å²) in [6.45, 7) is 0. The van der Waals surface area contributed by atoms with Crippen molar-refractivity contribution in [3.05, 3.63) is 11.7 Å². The molecule has 0 bridgehead atoms. The standard InChI is InChI=1S/C9H6F10O3/c10-4(11)3(5(20)21)1-2-7(13,14)22-9(18,19)6(12)8(15,16)17/h6H,1-2H2,(H,20,21). The average molecular weight is 352 g/mol. The Morgan fingerprint density at radius 3 is 1.82 bits per heavy atom. The number of aliphatic carboxylic acids is 1. The zero-order chi connectivity index (χ0) is 17.9. The summed E-state index contributed by atoms with van der Waals surface area (Å²) in [5.41, 5.74) is -1.88. The highest BCUT2D eigenvalue weighted by Gasteiger charge is 2.61. The van der Waals surface area contributed by atoms with E-state index in [1.165, 1.54) is 0 Å². The fourth-order valence-electron chi connectivity index (χ4n) is 1.05. The summed E-state index contributed by atoms with van der Waals surface area (Å²) in [4.78, 5) is 10.2. The first-order chi connectivity index (χ1) is 9.60. The number of ether oxygens (including phenoxy) is 1. The molecule has 1 N–H and O–H groups in total. The van der Waals surface area contributed by atoms with Crippen molar-refractivity contribution < 1.29 is 58.5 Å². The molecule has 0 radical (unpaired) electrons. The van der Waals surface area contributed by atoms with E-state index in [9.17, 15) is 48.7 Å². The van der Waals surface area contributed by atoms with Gasteiger partial charge in [0.25, 0.3) is 12.3 Å². The van der Waals surface area contributed by atoms with E-state index in [2.05, 4.69) is 4.74 Å². The van der Waals surface area contributed by atoms with E-state index in [1.54, 1.807) is 0 Å². The SMILES string of the molecule is O=C(O)C(CCC(F)(F)OC(F)(F)C(F)C(F)(F)F)=C(F)F. The van der Waals surface area contributed by atoms with Gasteiger partial charge in [-0.25, -0.2) is 9.18 Å². The molecule has 0 saturated carbocycles. The first kappa shape index (κ1) is 20.5. The van der Waals surface area contributed by atoms with Gasteiger partial charge >= 0.3 is 24.4 Å². The minimum Gasteiger partial charge on any atom is -0.478 e. The van der Waals surface area contributed by atoms with Crippen LogP contribution in [0.3, 0.4) is 0 Å². The molecule has 0 spiro atoms. The molecular weight excluding hydrogens is 346 g/mol. The van der Waals surface area contributed by atoms with Crippen LogP contribution in [0.4, 0.5) is 43.9 Å². The summed E-state index contributed by atoms with van der Waals surface area (Å²) in [5.74, 6) is -2.35. The Labute approximate surface area is 115 Å². The lowest BCUT2D eigenvalue weighted by molar-refractivity contribution is -0.416. The molecule has 1 atom stereocenters. The monoisotopic (exact) mass is 352 g/mol. The molecule has 0 rings (SSSR count). The van der Waals surface area contributed by atoms with Gasteiger partial charge in [-0.15, -0.1) is 0 Å². The van der Waals surface area contributed by atoms with E-state index in [1.807, 2.05) is 0 Å². The van der Waals surface area contributed by atoms with Crippen molar-refractivity contribution in [3.63, 3.8) is 0 Å². The van der Waals surface area contributed by atoms with Crippen LogP contribution in [0, 0.1) is 0 Å². The van der Waals surface area contributed by atoms with Crippen LogP contribution in [-0.2, 0) is 9.53 Å². The van der Waals surface area contributed by atoms with Gasteiger partial charge in [0.15, 0.2) is 0 Å². The largest absolute Gasteiger partial charge is 0.478 e. The predicted octanol–water partition coefficient (Wildman–Crippen LogP) is 4.10. The molecular formula is C9H6F10O3. The molecule has 3 nitrogen and oxygen atoms in total. The number of carboxylic acid groups (broad SMARTS) is 1. The number of hydrogen-bond acceptors (Lipinski definition) is 2. The number of hydrogen-bond donors (Lipinski definition) is 1. The molecule has 13 heteroatoms. The Morgan fingerprint density at radius 1 is 1.05 bits per heavy atom. The number of rotatable bonds is 7. The quantitative estimate of drug-likeness (QED) is 0.554. The van der Waals surface area contributed by atoms with E-state index in [4.69, 9.17) is 5.11 Å². The molecule has 0 heterocycles. The van der Waals surface area contributed by atoms with E-state index in [0.717, 1.165) is 0 Å². The Morgan fingerprint density at radius 2 is 1.50 bits per heavy atom.